The van der Waals surface area contributed by atoms with Crippen LogP contribution in [-0.4, -0.2) is 37.0 Å². The second-order valence-corrected chi connectivity index (χ2v) is 7.93. The lowest BCUT2D eigenvalue weighted by Crippen LogP contribution is -2.37. The van der Waals surface area contributed by atoms with Gasteiger partial charge in [0.25, 0.3) is 5.91 Å². The number of carbonyl (C=O) groups is 2. The van der Waals surface area contributed by atoms with Gasteiger partial charge in [-0.25, -0.2) is 4.99 Å². The summed E-state index contributed by atoms with van der Waals surface area (Å²) in [6.07, 6.45) is 2.06. The Morgan fingerprint density at radius 1 is 1.03 bits per heavy atom. The lowest BCUT2D eigenvalue weighted by Gasteiger charge is -2.16. The highest BCUT2D eigenvalue weighted by Crippen LogP contribution is 2.18. The smallest absolute Gasteiger partial charge is 0.258 e. The molecule has 1 aliphatic heterocycles. The number of benzene rings is 2. The van der Waals surface area contributed by atoms with E-state index in [4.69, 9.17) is 4.74 Å². The molecule has 0 aromatic heterocycles. The van der Waals surface area contributed by atoms with Crippen LogP contribution < -0.4 is 16.0 Å². The normalized spacial score (nSPS) is 16.1. The third-order valence-electron chi connectivity index (χ3n) is 5.15. The van der Waals surface area contributed by atoms with Crippen molar-refractivity contribution in [3.8, 4) is 0 Å². The number of hydrogen-bond acceptors (Lipinski definition) is 4. The van der Waals surface area contributed by atoms with Crippen molar-refractivity contribution in [1.82, 2.24) is 5.32 Å². The van der Waals surface area contributed by atoms with E-state index in [2.05, 4.69) is 27.0 Å². The molecule has 2 amide bonds. The molecule has 7 nitrogen and oxygen atoms in total. The van der Waals surface area contributed by atoms with Crippen molar-refractivity contribution in [3.63, 3.8) is 0 Å². The Morgan fingerprint density at radius 3 is 2.52 bits per heavy atom. The van der Waals surface area contributed by atoms with Crippen molar-refractivity contribution in [1.29, 1.82) is 0 Å². The summed E-state index contributed by atoms with van der Waals surface area (Å²) in [5.74, 6) is -0.125. The first-order valence-electron chi connectivity index (χ1n) is 10.5. The Labute approximate surface area is 183 Å². The van der Waals surface area contributed by atoms with E-state index in [1.807, 2.05) is 32.9 Å². The summed E-state index contributed by atoms with van der Waals surface area (Å²) in [5, 5.41) is 8.88. The first-order chi connectivity index (χ1) is 14.8. The number of guanidine groups is 1. The maximum Gasteiger partial charge on any atom is 0.258 e. The molecular formula is C24H30N4O3. The molecule has 2 aromatic rings. The third-order valence-corrected chi connectivity index (χ3v) is 5.15. The first-order valence-corrected chi connectivity index (χ1v) is 10.5. The van der Waals surface area contributed by atoms with Gasteiger partial charge in [0.2, 0.25) is 11.9 Å². The van der Waals surface area contributed by atoms with Crippen LogP contribution in [0.2, 0.25) is 0 Å². The Balaban J connectivity index is 1.80. The zero-order chi connectivity index (χ0) is 22.4. The van der Waals surface area contributed by atoms with E-state index < -0.39 is 0 Å². The fraction of sp³-hybridized carbons (Fsp3) is 0.375. The molecule has 1 atom stereocenters. The summed E-state index contributed by atoms with van der Waals surface area (Å²) in [7, 11) is 0. The predicted octanol–water partition coefficient (Wildman–Crippen LogP) is 3.95. The van der Waals surface area contributed by atoms with Crippen LogP contribution in [0.1, 0.15) is 46.8 Å². The van der Waals surface area contributed by atoms with E-state index in [0.717, 1.165) is 41.8 Å². The van der Waals surface area contributed by atoms with Crippen LogP contribution in [0.25, 0.3) is 0 Å². The van der Waals surface area contributed by atoms with Crippen molar-refractivity contribution in [2.75, 3.05) is 23.8 Å². The van der Waals surface area contributed by atoms with E-state index in [1.165, 1.54) is 6.92 Å². The Kier molecular flexibility index (Phi) is 7.41. The minimum absolute atomic E-state index is 0.0681. The van der Waals surface area contributed by atoms with Crippen LogP contribution in [0.5, 0.6) is 0 Å². The number of hydrogen-bond donors (Lipinski definition) is 3. The molecule has 0 radical (unpaired) electrons. The minimum Gasteiger partial charge on any atom is -0.376 e. The number of carbonyl (C=O) groups excluding carboxylic acids is 2. The highest BCUT2D eigenvalue weighted by atomic mass is 16.5. The lowest BCUT2D eigenvalue weighted by molar-refractivity contribution is -0.114. The number of ether oxygens (including phenoxy) is 1. The number of aliphatic imine (C=N–C) groups is 1. The molecule has 164 valence electrons. The standard InChI is InChI=1S/C24H30N4O3/c1-15-7-10-21(17(3)12-15)27-24(25-14-20-6-5-11-31-20)28-23(30)19-9-8-16(2)22(13-19)26-18(4)29/h7-10,12-13,20H,5-6,11,14H2,1-4H3,(H,26,29)(H2,25,27,28,30)/t20-/m1/s1. The predicted molar refractivity (Wildman–Crippen MR) is 124 cm³/mol. The van der Waals surface area contributed by atoms with Crippen molar-refractivity contribution >= 4 is 29.1 Å². The summed E-state index contributed by atoms with van der Waals surface area (Å²) in [6.45, 7) is 8.59. The van der Waals surface area contributed by atoms with Gasteiger partial charge < -0.3 is 15.4 Å². The SMILES string of the molecule is CC(=O)Nc1cc(C(=O)NC(=NC[C@H]2CCCO2)Nc2ccc(C)cc2C)ccc1C. The summed E-state index contributed by atoms with van der Waals surface area (Å²) in [4.78, 5) is 29.0. The Bertz CT molecular complexity index is 994. The van der Waals surface area contributed by atoms with Crippen LogP contribution >= 0.6 is 0 Å². The molecule has 1 aliphatic rings. The molecule has 1 saturated heterocycles. The Hall–Kier alpha value is -3.19. The molecule has 1 fully saturated rings. The van der Waals surface area contributed by atoms with Crippen molar-refractivity contribution in [2.45, 2.75) is 46.6 Å². The molecule has 0 saturated carbocycles. The van der Waals surface area contributed by atoms with Crippen molar-refractivity contribution in [3.05, 3.63) is 58.7 Å². The highest BCUT2D eigenvalue weighted by molar-refractivity contribution is 6.10. The molecular weight excluding hydrogens is 392 g/mol. The number of anilines is 2. The average Bonchev–Trinajstić information content (AvgIpc) is 3.23. The van der Waals surface area contributed by atoms with Gasteiger partial charge in [-0.2, -0.15) is 0 Å². The molecule has 7 heteroatoms. The third kappa shape index (κ3) is 6.39. The van der Waals surface area contributed by atoms with Crippen molar-refractivity contribution in [2.24, 2.45) is 4.99 Å². The molecule has 1 heterocycles. The molecule has 2 aromatic carbocycles. The van der Waals surface area contributed by atoms with E-state index in [-0.39, 0.29) is 17.9 Å². The fourth-order valence-electron chi connectivity index (χ4n) is 3.44. The van der Waals surface area contributed by atoms with Gasteiger partial charge in [0.05, 0.1) is 12.6 Å². The number of rotatable bonds is 5. The summed E-state index contributed by atoms with van der Waals surface area (Å²) < 4.78 is 5.66. The monoisotopic (exact) mass is 422 g/mol. The molecule has 3 rings (SSSR count). The zero-order valence-corrected chi connectivity index (χ0v) is 18.5. The topological polar surface area (TPSA) is 91.8 Å². The second-order valence-electron chi connectivity index (χ2n) is 7.93. The summed E-state index contributed by atoms with van der Waals surface area (Å²) in [5.41, 5.74) is 5.02. The van der Waals surface area contributed by atoms with E-state index in [1.54, 1.807) is 18.2 Å². The number of amides is 2. The molecule has 0 aliphatic carbocycles. The van der Waals surface area contributed by atoms with Gasteiger partial charge in [0, 0.05) is 30.5 Å². The zero-order valence-electron chi connectivity index (χ0n) is 18.5. The van der Waals surface area contributed by atoms with Gasteiger partial charge in [-0.15, -0.1) is 0 Å². The number of nitrogens with zero attached hydrogens (tertiary/aromatic N) is 1. The number of aryl methyl sites for hydroxylation is 3. The maximum absolute atomic E-state index is 13.0. The number of nitrogens with one attached hydrogen (secondary N) is 3. The molecule has 31 heavy (non-hydrogen) atoms. The fourth-order valence-corrected chi connectivity index (χ4v) is 3.44. The van der Waals surface area contributed by atoms with Crippen LogP contribution in [0.4, 0.5) is 11.4 Å². The molecule has 3 N–H and O–H groups in total. The summed E-state index contributed by atoms with van der Waals surface area (Å²) >= 11 is 0. The van der Waals surface area contributed by atoms with Gasteiger partial charge in [-0.3, -0.25) is 14.9 Å². The molecule has 0 bridgehead atoms. The summed E-state index contributed by atoms with van der Waals surface area (Å²) in [6, 6.07) is 11.3. The van der Waals surface area contributed by atoms with Crippen LogP contribution in [0.3, 0.4) is 0 Å². The lowest BCUT2D eigenvalue weighted by atomic mass is 10.1. The van der Waals surface area contributed by atoms with Gasteiger partial charge in [-0.05, 0) is 62.9 Å². The van der Waals surface area contributed by atoms with Gasteiger partial charge in [0.1, 0.15) is 0 Å². The Morgan fingerprint density at radius 2 is 1.84 bits per heavy atom. The van der Waals surface area contributed by atoms with E-state index in [0.29, 0.717) is 23.8 Å². The van der Waals surface area contributed by atoms with Gasteiger partial charge >= 0.3 is 0 Å². The average molecular weight is 423 g/mol. The largest absolute Gasteiger partial charge is 0.376 e. The maximum atomic E-state index is 13.0. The van der Waals surface area contributed by atoms with E-state index in [9.17, 15) is 9.59 Å². The van der Waals surface area contributed by atoms with Crippen LogP contribution in [0, 0.1) is 20.8 Å². The molecule has 0 unspecified atom stereocenters. The van der Waals surface area contributed by atoms with E-state index >= 15 is 0 Å². The highest BCUT2D eigenvalue weighted by Gasteiger charge is 2.17. The van der Waals surface area contributed by atoms with Gasteiger partial charge in [0.15, 0.2) is 0 Å². The first kappa shape index (κ1) is 22.5. The quantitative estimate of drug-likeness (QED) is 0.503. The molecule has 0 spiro atoms. The second kappa shape index (κ2) is 10.2. The van der Waals surface area contributed by atoms with Gasteiger partial charge in [-0.1, -0.05) is 23.8 Å². The van der Waals surface area contributed by atoms with Crippen LogP contribution in [0.15, 0.2) is 41.4 Å². The minimum atomic E-state index is -0.310. The van der Waals surface area contributed by atoms with Crippen LogP contribution in [-0.2, 0) is 9.53 Å². The van der Waals surface area contributed by atoms with Crippen molar-refractivity contribution < 1.29 is 14.3 Å².